The number of aromatic nitrogens is 2. The second-order valence-electron chi connectivity index (χ2n) is 6.31. The molecule has 1 aromatic carbocycles. The smallest absolute Gasteiger partial charge is 0.322 e. The van der Waals surface area contributed by atoms with Crippen LogP contribution in [0.5, 0.6) is 0 Å². The van der Waals surface area contributed by atoms with E-state index < -0.39 is 42.8 Å². The van der Waals surface area contributed by atoms with E-state index in [1.807, 2.05) is 6.07 Å². The number of urea groups is 1. The van der Waals surface area contributed by atoms with Gasteiger partial charge < -0.3 is 20.6 Å². The van der Waals surface area contributed by atoms with Gasteiger partial charge in [0.25, 0.3) is 0 Å². The van der Waals surface area contributed by atoms with Gasteiger partial charge in [0, 0.05) is 5.56 Å². The largest absolute Gasteiger partial charge is 0.394 e. The van der Waals surface area contributed by atoms with Gasteiger partial charge in [-0.25, -0.2) is 18.6 Å². The molecule has 2 heterocycles. The summed E-state index contributed by atoms with van der Waals surface area (Å²) in [5.74, 6) is -2.80. The molecule has 1 aliphatic heterocycles. The van der Waals surface area contributed by atoms with Crippen LogP contribution in [0.3, 0.4) is 0 Å². The van der Waals surface area contributed by atoms with Crippen LogP contribution in [-0.4, -0.2) is 45.1 Å². The number of fused-ring (bicyclic) bond motifs is 1. The number of nitrogens with one attached hydrogen (secondary N) is 2. The molecule has 11 heteroatoms. The van der Waals surface area contributed by atoms with Gasteiger partial charge in [-0.05, 0) is 19.1 Å². The van der Waals surface area contributed by atoms with Gasteiger partial charge in [0.05, 0.1) is 42.5 Å². The molecule has 0 fully saturated rings. The van der Waals surface area contributed by atoms with Gasteiger partial charge >= 0.3 is 6.03 Å². The minimum atomic E-state index is -1.09. The van der Waals surface area contributed by atoms with E-state index in [4.69, 9.17) is 5.26 Å². The highest BCUT2D eigenvalue weighted by Crippen LogP contribution is 2.27. The summed E-state index contributed by atoms with van der Waals surface area (Å²) in [5, 5.41) is 23.4. The number of amides is 3. The molecule has 0 spiro atoms. The number of nitrogens with zero attached hydrogens (tertiary/aromatic N) is 4. The average molecular weight is 402 g/mol. The Morgan fingerprint density at radius 1 is 1.48 bits per heavy atom. The number of carbonyl (C=O) groups excluding carboxylic acids is 2. The quantitative estimate of drug-likeness (QED) is 0.687. The average Bonchev–Trinajstić information content (AvgIpc) is 2.70. The Balaban J connectivity index is 1.72. The Hall–Kier alpha value is -3.65. The molecule has 3 N–H and O–H groups in total. The molecular formula is C18H16F2N6O3. The van der Waals surface area contributed by atoms with Crippen molar-refractivity contribution in [1.29, 1.82) is 5.26 Å². The molecule has 9 nitrogen and oxygen atoms in total. The lowest BCUT2D eigenvalue weighted by Crippen LogP contribution is -2.46. The van der Waals surface area contributed by atoms with Crippen molar-refractivity contribution in [2.75, 3.05) is 18.5 Å². The van der Waals surface area contributed by atoms with Crippen LogP contribution in [0, 0.1) is 29.9 Å². The molecule has 1 atom stereocenters. The first-order valence-electron chi connectivity index (χ1n) is 8.50. The Morgan fingerprint density at radius 2 is 2.24 bits per heavy atom. The molecule has 0 saturated carbocycles. The second kappa shape index (κ2) is 8.15. The lowest BCUT2D eigenvalue weighted by molar-refractivity contribution is -0.122. The van der Waals surface area contributed by atoms with Crippen molar-refractivity contribution in [3.8, 4) is 6.07 Å². The number of aryl methyl sites for hydroxylation is 1. The molecular weight excluding hydrogens is 386 g/mol. The van der Waals surface area contributed by atoms with Crippen LogP contribution in [0.2, 0.25) is 0 Å². The molecule has 1 aromatic heterocycles. The zero-order valence-corrected chi connectivity index (χ0v) is 15.2. The number of aliphatic hydroxyl groups is 1. The summed E-state index contributed by atoms with van der Waals surface area (Å²) in [7, 11) is 0. The fraction of sp³-hybridized carbons (Fsp3) is 0.278. The third-order valence-corrected chi connectivity index (χ3v) is 4.36. The summed E-state index contributed by atoms with van der Waals surface area (Å²) in [6.45, 7) is 0.324. The maximum Gasteiger partial charge on any atom is 0.322 e. The molecule has 1 unspecified atom stereocenters. The molecule has 3 amide bonds. The van der Waals surface area contributed by atoms with Crippen molar-refractivity contribution in [3.05, 3.63) is 52.6 Å². The SMILES string of the molecule is Cc1nc(C#N)cnc1C(CO)NC(=O)CN1Cc2c(ccc(F)c2F)NC1=O. The molecule has 0 aliphatic carbocycles. The standard InChI is InChI=1S/C18H16F2N6O3/c1-9-17(22-5-10(4-21)23-9)14(8-27)24-15(28)7-26-6-11-13(25-18(26)29)3-2-12(19)16(11)20/h2-3,5,14,27H,6-8H2,1H3,(H,24,28)(H,25,29). The van der Waals surface area contributed by atoms with Crippen molar-refractivity contribution >= 4 is 17.6 Å². The monoisotopic (exact) mass is 402 g/mol. The van der Waals surface area contributed by atoms with Crippen LogP contribution >= 0.6 is 0 Å². The predicted octanol–water partition coefficient (Wildman–Crippen LogP) is 1.13. The van der Waals surface area contributed by atoms with Gasteiger partial charge in [-0.1, -0.05) is 0 Å². The zero-order chi connectivity index (χ0) is 21.1. The summed E-state index contributed by atoms with van der Waals surface area (Å²) >= 11 is 0. The molecule has 150 valence electrons. The van der Waals surface area contributed by atoms with E-state index in [9.17, 15) is 23.5 Å². The Kier molecular flexibility index (Phi) is 5.65. The molecule has 0 saturated heterocycles. The fourth-order valence-electron chi connectivity index (χ4n) is 2.95. The van der Waals surface area contributed by atoms with Gasteiger partial charge in [-0.2, -0.15) is 5.26 Å². The number of carbonyl (C=O) groups is 2. The summed E-state index contributed by atoms with van der Waals surface area (Å²) in [6, 6.07) is 2.43. The van der Waals surface area contributed by atoms with Gasteiger partial charge in [0.15, 0.2) is 17.3 Å². The number of nitriles is 1. The number of hydrogen-bond donors (Lipinski definition) is 3. The third kappa shape index (κ3) is 4.12. The Bertz CT molecular complexity index is 1020. The summed E-state index contributed by atoms with van der Waals surface area (Å²) in [4.78, 5) is 33.6. The van der Waals surface area contributed by atoms with Crippen molar-refractivity contribution in [1.82, 2.24) is 20.2 Å². The first-order chi connectivity index (χ1) is 13.8. The van der Waals surface area contributed by atoms with Crippen molar-refractivity contribution in [2.24, 2.45) is 0 Å². The Labute approximate surface area is 164 Å². The van der Waals surface area contributed by atoms with E-state index in [-0.39, 0.29) is 29.2 Å². The zero-order valence-electron chi connectivity index (χ0n) is 15.2. The lowest BCUT2D eigenvalue weighted by Gasteiger charge is -2.29. The predicted molar refractivity (Wildman–Crippen MR) is 95.2 cm³/mol. The van der Waals surface area contributed by atoms with E-state index in [0.29, 0.717) is 5.69 Å². The second-order valence-corrected chi connectivity index (χ2v) is 6.31. The van der Waals surface area contributed by atoms with E-state index in [1.165, 1.54) is 12.3 Å². The topological polar surface area (TPSA) is 131 Å². The van der Waals surface area contributed by atoms with Gasteiger partial charge in [-0.15, -0.1) is 0 Å². The summed E-state index contributed by atoms with van der Waals surface area (Å²) in [5.41, 5.74) is 0.784. The highest BCUT2D eigenvalue weighted by molar-refractivity contribution is 5.94. The summed E-state index contributed by atoms with van der Waals surface area (Å²) in [6.07, 6.45) is 1.21. The van der Waals surface area contributed by atoms with Gasteiger partial charge in [-0.3, -0.25) is 9.78 Å². The number of aliphatic hydroxyl groups excluding tert-OH is 1. The molecule has 0 radical (unpaired) electrons. The van der Waals surface area contributed by atoms with Crippen molar-refractivity contribution in [2.45, 2.75) is 19.5 Å². The van der Waals surface area contributed by atoms with Crippen LogP contribution in [0.1, 0.15) is 28.7 Å². The number of benzene rings is 1. The Morgan fingerprint density at radius 3 is 2.90 bits per heavy atom. The van der Waals surface area contributed by atoms with Crippen LogP contribution in [-0.2, 0) is 11.3 Å². The molecule has 29 heavy (non-hydrogen) atoms. The maximum atomic E-state index is 14.0. The van der Waals surface area contributed by atoms with Crippen LogP contribution < -0.4 is 10.6 Å². The van der Waals surface area contributed by atoms with Crippen molar-refractivity contribution in [3.63, 3.8) is 0 Å². The lowest BCUT2D eigenvalue weighted by atomic mass is 10.1. The van der Waals surface area contributed by atoms with Gasteiger partial charge in [0.1, 0.15) is 12.6 Å². The number of hydrogen-bond acceptors (Lipinski definition) is 6. The van der Waals surface area contributed by atoms with Gasteiger partial charge in [0.2, 0.25) is 5.91 Å². The minimum absolute atomic E-state index is 0.0649. The van der Waals surface area contributed by atoms with Crippen LogP contribution in [0.4, 0.5) is 19.3 Å². The van der Waals surface area contributed by atoms with E-state index >= 15 is 0 Å². The fourth-order valence-corrected chi connectivity index (χ4v) is 2.95. The van der Waals surface area contributed by atoms with Crippen LogP contribution in [0.25, 0.3) is 0 Å². The normalized spacial score (nSPS) is 13.9. The van der Waals surface area contributed by atoms with E-state index in [2.05, 4.69) is 20.6 Å². The van der Waals surface area contributed by atoms with E-state index in [0.717, 1.165) is 11.0 Å². The maximum absolute atomic E-state index is 14.0. The number of rotatable bonds is 5. The van der Waals surface area contributed by atoms with Crippen molar-refractivity contribution < 1.29 is 23.5 Å². The first-order valence-corrected chi connectivity index (χ1v) is 8.50. The number of anilines is 1. The van der Waals surface area contributed by atoms with E-state index in [1.54, 1.807) is 6.92 Å². The highest BCUT2D eigenvalue weighted by atomic mass is 19.2. The third-order valence-electron chi connectivity index (χ3n) is 4.36. The van der Waals surface area contributed by atoms with Crippen LogP contribution in [0.15, 0.2) is 18.3 Å². The minimum Gasteiger partial charge on any atom is -0.394 e. The molecule has 2 aromatic rings. The highest BCUT2D eigenvalue weighted by Gasteiger charge is 2.29. The number of halogens is 2. The molecule has 3 rings (SSSR count). The molecule has 0 bridgehead atoms. The summed E-state index contributed by atoms with van der Waals surface area (Å²) < 4.78 is 27.4. The molecule has 1 aliphatic rings. The first kappa shape index (κ1) is 20.1.